The number of halogens is 2. The van der Waals surface area contributed by atoms with E-state index in [4.69, 9.17) is 0 Å². The number of nitrogens with zero attached hydrogens (tertiary/aromatic N) is 2. The van der Waals surface area contributed by atoms with Crippen molar-refractivity contribution >= 4 is 38.5 Å². The quantitative estimate of drug-likeness (QED) is 0.669. The van der Waals surface area contributed by atoms with Gasteiger partial charge in [0.1, 0.15) is 4.60 Å². The van der Waals surface area contributed by atoms with Crippen LogP contribution in [0.4, 0.5) is 0 Å². The maximum Gasteiger partial charge on any atom is 0.118 e. The first-order valence-corrected chi connectivity index (χ1v) is 5.19. The second kappa shape index (κ2) is 3.05. The second-order valence-corrected chi connectivity index (χ2v) is 5.28. The molecule has 1 rings (SSSR count). The summed E-state index contributed by atoms with van der Waals surface area (Å²) in [6, 6.07) is 0. The smallest absolute Gasteiger partial charge is 0.118 e. The third-order valence-electron chi connectivity index (χ3n) is 1.30. The van der Waals surface area contributed by atoms with Crippen molar-refractivity contribution in [2.45, 2.75) is 26.3 Å². The molecule has 4 heteroatoms. The summed E-state index contributed by atoms with van der Waals surface area (Å²) in [5.74, 6) is 0. The molecular weight excluding hydrogens is 319 g/mol. The summed E-state index contributed by atoms with van der Waals surface area (Å²) in [7, 11) is 0. The lowest BCUT2D eigenvalue weighted by molar-refractivity contribution is 0.348. The third kappa shape index (κ3) is 1.96. The van der Waals surface area contributed by atoms with Crippen LogP contribution in [0.2, 0.25) is 0 Å². The van der Waals surface area contributed by atoms with Crippen molar-refractivity contribution in [3.63, 3.8) is 0 Å². The Morgan fingerprint density at radius 1 is 1.55 bits per heavy atom. The summed E-state index contributed by atoms with van der Waals surface area (Å²) in [5, 5.41) is 4.25. The topological polar surface area (TPSA) is 17.8 Å². The van der Waals surface area contributed by atoms with Gasteiger partial charge < -0.3 is 0 Å². The van der Waals surface area contributed by atoms with Crippen LogP contribution in [0.5, 0.6) is 0 Å². The molecule has 0 atom stereocenters. The van der Waals surface area contributed by atoms with Gasteiger partial charge in [-0.05, 0) is 59.3 Å². The predicted molar refractivity (Wildman–Crippen MR) is 57.6 cm³/mol. The van der Waals surface area contributed by atoms with Crippen molar-refractivity contribution < 1.29 is 0 Å². The highest BCUT2D eigenvalue weighted by atomic mass is 127. The Balaban J connectivity index is 3.15. The van der Waals surface area contributed by atoms with Crippen molar-refractivity contribution in [3.05, 3.63) is 14.4 Å². The van der Waals surface area contributed by atoms with Crippen LogP contribution in [-0.2, 0) is 5.54 Å². The number of aromatic nitrogens is 2. The van der Waals surface area contributed by atoms with Gasteiger partial charge in [0, 0.05) is 0 Å². The molecule has 2 nitrogen and oxygen atoms in total. The molecule has 0 aliphatic rings. The Kier molecular flexibility index (Phi) is 2.63. The van der Waals surface area contributed by atoms with Crippen LogP contribution in [-0.4, -0.2) is 9.78 Å². The molecule has 0 saturated carbocycles. The summed E-state index contributed by atoms with van der Waals surface area (Å²) in [5.41, 5.74) is 0.0578. The fourth-order valence-electron chi connectivity index (χ4n) is 0.781. The first-order chi connectivity index (χ1) is 4.93. The van der Waals surface area contributed by atoms with Crippen molar-refractivity contribution in [1.29, 1.82) is 0 Å². The van der Waals surface area contributed by atoms with Gasteiger partial charge in [0.15, 0.2) is 0 Å². The van der Waals surface area contributed by atoms with Crippen LogP contribution in [0.15, 0.2) is 10.8 Å². The highest BCUT2D eigenvalue weighted by molar-refractivity contribution is 14.1. The average molecular weight is 329 g/mol. The lowest BCUT2D eigenvalue weighted by Gasteiger charge is -2.20. The van der Waals surface area contributed by atoms with E-state index >= 15 is 0 Å². The van der Waals surface area contributed by atoms with Gasteiger partial charge >= 0.3 is 0 Å². The first kappa shape index (κ1) is 9.51. The van der Waals surface area contributed by atoms with E-state index in [1.807, 2.05) is 10.9 Å². The van der Waals surface area contributed by atoms with Crippen molar-refractivity contribution in [2.24, 2.45) is 0 Å². The maximum atomic E-state index is 4.25. The molecule has 0 amide bonds. The zero-order chi connectivity index (χ0) is 8.65. The molecule has 62 valence electrons. The Labute approximate surface area is 88.6 Å². The molecule has 1 aromatic rings. The summed E-state index contributed by atoms with van der Waals surface area (Å²) in [6.45, 7) is 6.38. The van der Waals surface area contributed by atoms with Gasteiger partial charge in [-0.25, -0.2) is 0 Å². The van der Waals surface area contributed by atoms with E-state index in [0.29, 0.717) is 0 Å². The molecule has 0 radical (unpaired) electrons. The van der Waals surface area contributed by atoms with Crippen LogP contribution in [0.3, 0.4) is 0 Å². The van der Waals surface area contributed by atoms with E-state index in [1.54, 1.807) is 0 Å². The van der Waals surface area contributed by atoms with Gasteiger partial charge in [0.25, 0.3) is 0 Å². The van der Waals surface area contributed by atoms with Gasteiger partial charge in [0.2, 0.25) is 0 Å². The normalized spacial score (nSPS) is 12.1. The Morgan fingerprint density at radius 2 is 2.09 bits per heavy atom. The Hall–Kier alpha value is 0.420. The molecule has 0 unspecified atom stereocenters. The summed E-state index contributed by atoms with van der Waals surface area (Å²) >= 11 is 5.73. The van der Waals surface area contributed by atoms with Gasteiger partial charge in [-0.3, -0.25) is 4.68 Å². The van der Waals surface area contributed by atoms with Crippen molar-refractivity contribution in [3.8, 4) is 0 Å². The SMILES string of the molecule is CC(C)(C)n1ncc(I)c1Br. The van der Waals surface area contributed by atoms with Gasteiger partial charge in [0.05, 0.1) is 15.3 Å². The van der Waals surface area contributed by atoms with Crippen LogP contribution >= 0.6 is 38.5 Å². The van der Waals surface area contributed by atoms with E-state index in [1.165, 1.54) is 0 Å². The lowest BCUT2D eigenvalue weighted by atomic mass is 10.1. The van der Waals surface area contributed by atoms with Gasteiger partial charge in [-0.1, -0.05) is 0 Å². The zero-order valence-electron chi connectivity index (χ0n) is 6.73. The fourth-order valence-corrected chi connectivity index (χ4v) is 1.86. The maximum absolute atomic E-state index is 4.25. The number of hydrogen-bond donors (Lipinski definition) is 0. The molecule has 0 N–H and O–H groups in total. The van der Waals surface area contributed by atoms with Crippen molar-refractivity contribution in [2.75, 3.05) is 0 Å². The molecule has 0 aliphatic carbocycles. The van der Waals surface area contributed by atoms with Crippen LogP contribution in [0, 0.1) is 3.57 Å². The van der Waals surface area contributed by atoms with Crippen LogP contribution in [0.25, 0.3) is 0 Å². The highest BCUT2D eigenvalue weighted by Gasteiger charge is 2.17. The van der Waals surface area contributed by atoms with E-state index < -0.39 is 0 Å². The van der Waals surface area contributed by atoms with E-state index in [-0.39, 0.29) is 5.54 Å². The lowest BCUT2D eigenvalue weighted by Crippen LogP contribution is -2.23. The van der Waals surface area contributed by atoms with E-state index in [2.05, 4.69) is 64.4 Å². The third-order valence-corrected chi connectivity index (χ3v) is 3.60. The first-order valence-electron chi connectivity index (χ1n) is 3.32. The molecule has 0 saturated heterocycles. The van der Waals surface area contributed by atoms with E-state index in [0.717, 1.165) is 8.17 Å². The van der Waals surface area contributed by atoms with E-state index in [9.17, 15) is 0 Å². The summed E-state index contributed by atoms with van der Waals surface area (Å²) in [4.78, 5) is 0. The van der Waals surface area contributed by atoms with Crippen LogP contribution in [0.1, 0.15) is 20.8 Å². The van der Waals surface area contributed by atoms with Gasteiger partial charge in [-0.15, -0.1) is 0 Å². The zero-order valence-corrected chi connectivity index (χ0v) is 10.5. The molecule has 0 aliphatic heterocycles. The highest BCUT2D eigenvalue weighted by Crippen LogP contribution is 2.24. The monoisotopic (exact) mass is 328 g/mol. The molecule has 0 spiro atoms. The van der Waals surface area contributed by atoms with Crippen LogP contribution < -0.4 is 0 Å². The largest absolute Gasteiger partial charge is 0.252 e. The molecule has 0 bridgehead atoms. The Bertz CT molecular complexity index is 262. The predicted octanol–water partition coefficient (Wildman–Crippen LogP) is 3.01. The summed E-state index contributed by atoms with van der Waals surface area (Å²) in [6.07, 6.45) is 1.86. The molecule has 11 heavy (non-hydrogen) atoms. The second-order valence-electron chi connectivity index (χ2n) is 3.37. The standard InChI is InChI=1S/C7H10BrIN2/c1-7(2,3)11-6(8)5(9)4-10-11/h4H,1-3H3. The molecule has 1 heterocycles. The fraction of sp³-hybridized carbons (Fsp3) is 0.571. The van der Waals surface area contributed by atoms with Crippen molar-refractivity contribution in [1.82, 2.24) is 9.78 Å². The average Bonchev–Trinajstić information content (AvgIpc) is 2.11. The molecule has 0 aromatic carbocycles. The minimum absolute atomic E-state index is 0.0578. The molecule has 0 fully saturated rings. The number of rotatable bonds is 0. The minimum atomic E-state index is 0.0578. The molecular formula is C7H10BrIN2. The summed E-state index contributed by atoms with van der Waals surface area (Å²) < 4.78 is 4.18. The minimum Gasteiger partial charge on any atom is -0.252 e. The molecule has 1 aromatic heterocycles. The van der Waals surface area contributed by atoms with Gasteiger partial charge in [-0.2, -0.15) is 5.10 Å². The Morgan fingerprint density at radius 3 is 2.27 bits per heavy atom. The number of hydrogen-bond acceptors (Lipinski definition) is 1.